The largest absolute Gasteiger partial charge is 0.478 e. The molecule has 2 aromatic rings. The minimum Gasteiger partial charge on any atom is -0.478 e. The molecule has 0 spiro atoms. The summed E-state index contributed by atoms with van der Waals surface area (Å²) in [5.41, 5.74) is 3.30. The van der Waals surface area contributed by atoms with Crippen molar-refractivity contribution in [2.24, 2.45) is 0 Å². The first kappa shape index (κ1) is 13.1. The van der Waals surface area contributed by atoms with Gasteiger partial charge in [-0.1, -0.05) is 5.92 Å². The van der Waals surface area contributed by atoms with E-state index in [0.29, 0.717) is 5.82 Å². The molecule has 0 amide bonds. The van der Waals surface area contributed by atoms with Crippen LogP contribution in [0.1, 0.15) is 22.8 Å². The summed E-state index contributed by atoms with van der Waals surface area (Å²) in [5.74, 6) is 2.42. The number of hydrogen-bond acceptors (Lipinski definition) is 4. The molecule has 1 N–H and O–H groups in total. The number of anilines is 1. The van der Waals surface area contributed by atoms with Crippen LogP contribution in [0.3, 0.4) is 0 Å². The van der Waals surface area contributed by atoms with Gasteiger partial charge in [0.15, 0.2) is 5.82 Å². The van der Waals surface area contributed by atoms with Gasteiger partial charge in [-0.3, -0.25) is 0 Å². The number of carboxylic acids is 1. The van der Waals surface area contributed by atoms with Crippen molar-refractivity contribution in [2.75, 3.05) is 11.4 Å². The second kappa shape index (κ2) is 5.25. The highest BCUT2D eigenvalue weighted by Crippen LogP contribution is 2.30. The molecule has 0 radical (unpaired) electrons. The monoisotopic (exact) mass is 279 g/mol. The number of fused-ring (bicyclic) bond motifs is 1. The van der Waals surface area contributed by atoms with Crippen molar-refractivity contribution in [3.05, 3.63) is 41.7 Å². The average molecular weight is 279 g/mol. The van der Waals surface area contributed by atoms with E-state index in [2.05, 4.69) is 21.9 Å². The van der Waals surface area contributed by atoms with Crippen LogP contribution in [0.15, 0.2) is 30.6 Å². The molecule has 0 unspecified atom stereocenters. The third-order valence-electron chi connectivity index (χ3n) is 3.38. The number of nitrogens with zero attached hydrogens (tertiary/aromatic N) is 3. The van der Waals surface area contributed by atoms with E-state index in [1.54, 1.807) is 0 Å². The Kier molecular flexibility index (Phi) is 3.28. The number of carbonyl (C=O) groups is 1. The van der Waals surface area contributed by atoms with Gasteiger partial charge in [0.05, 0.1) is 11.3 Å². The summed E-state index contributed by atoms with van der Waals surface area (Å²) in [4.78, 5) is 21.1. The van der Waals surface area contributed by atoms with Gasteiger partial charge in [0, 0.05) is 30.5 Å². The Morgan fingerprint density at radius 3 is 2.76 bits per heavy atom. The van der Waals surface area contributed by atoms with E-state index >= 15 is 0 Å². The van der Waals surface area contributed by atoms with E-state index in [1.807, 2.05) is 30.0 Å². The molecule has 21 heavy (non-hydrogen) atoms. The van der Waals surface area contributed by atoms with Gasteiger partial charge in [-0.15, -0.1) is 0 Å². The molecule has 104 valence electrons. The quantitative estimate of drug-likeness (QED) is 0.853. The van der Waals surface area contributed by atoms with Crippen molar-refractivity contribution in [3.63, 3.8) is 0 Å². The Bertz CT molecular complexity index is 757. The average Bonchev–Trinajstić information content (AvgIpc) is 2.90. The Morgan fingerprint density at radius 1 is 1.33 bits per heavy atom. The Balaban J connectivity index is 1.94. The van der Waals surface area contributed by atoms with Crippen LogP contribution in [-0.4, -0.2) is 27.6 Å². The van der Waals surface area contributed by atoms with Crippen LogP contribution in [0.4, 0.5) is 5.69 Å². The van der Waals surface area contributed by atoms with Gasteiger partial charge in [-0.2, -0.15) is 0 Å². The SMILES string of the molecule is CC#CN1CCc2cc(-c3ncc(C(=O)O)cn3)ccc21. The van der Waals surface area contributed by atoms with E-state index in [9.17, 15) is 4.79 Å². The molecular weight excluding hydrogens is 266 g/mol. The lowest BCUT2D eigenvalue weighted by molar-refractivity contribution is 0.0696. The zero-order valence-corrected chi connectivity index (χ0v) is 11.5. The van der Waals surface area contributed by atoms with E-state index in [4.69, 9.17) is 5.11 Å². The second-order valence-electron chi connectivity index (χ2n) is 4.71. The lowest BCUT2D eigenvalue weighted by Gasteiger charge is -2.10. The molecule has 1 aliphatic rings. The molecule has 5 heteroatoms. The zero-order valence-electron chi connectivity index (χ0n) is 11.5. The first-order valence-electron chi connectivity index (χ1n) is 6.57. The zero-order chi connectivity index (χ0) is 14.8. The van der Waals surface area contributed by atoms with Crippen molar-refractivity contribution in [1.82, 2.24) is 9.97 Å². The molecule has 0 saturated heterocycles. The fourth-order valence-corrected chi connectivity index (χ4v) is 2.38. The fraction of sp³-hybridized carbons (Fsp3) is 0.188. The van der Waals surface area contributed by atoms with Gasteiger partial charge in [0.2, 0.25) is 0 Å². The second-order valence-corrected chi connectivity index (χ2v) is 4.71. The van der Waals surface area contributed by atoms with Crippen molar-refractivity contribution in [2.45, 2.75) is 13.3 Å². The Hall–Kier alpha value is -2.87. The summed E-state index contributed by atoms with van der Waals surface area (Å²) < 4.78 is 0. The molecule has 0 saturated carbocycles. The van der Waals surface area contributed by atoms with Crippen molar-refractivity contribution in [1.29, 1.82) is 0 Å². The van der Waals surface area contributed by atoms with Crippen molar-refractivity contribution < 1.29 is 9.90 Å². The summed E-state index contributed by atoms with van der Waals surface area (Å²) in [6.45, 7) is 2.71. The predicted molar refractivity (Wildman–Crippen MR) is 78.9 cm³/mol. The van der Waals surface area contributed by atoms with Crippen LogP contribution in [-0.2, 0) is 6.42 Å². The third-order valence-corrected chi connectivity index (χ3v) is 3.38. The van der Waals surface area contributed by atoms with Crippen molar-refractivity contribution >= 4 is 11.7 Å². The van der Waals surface area contributed by atoms with Gasteiger partial charge in [0.25, 0.3) is 0 Å². The van der Waals surface area contributed by atoms with Crippen LogP contribution >= 0.6 is 0 Å². The molecular formula is C16H13N3O2. The molecule has 1 aromatic carbocycles. The summed E-state index contributed by atoms with van der Waals surface area (Å²) in [7, 11) is 0. The van der Waals surface area contributed by atoms with Crippen LogP contribution in [0.5, 0.6) is 0 Å². The summed E-state index contributed by atoms with van der Waals surface area (Å²) in [6.07, 6.45) is 3.59. The van der Waals surface area contributed by atoms with Gasteiger partial charge >= 0.3 is 5.97 Å². The predicted octanol–water partition coefficient (Wildman–Crippen LogP) is 2.19. The van der Waals surface area contributed by atoms with E-state index in [1.165, 1.54) is 18.0 Å². The van der Waals surface area contributed by atoms with Crippen molar-refractivity contribution in [3.8, 4) is 23.4 Å². The molecule has 1 aromatic heterocycles. The maximum atomic E-state index is 10.8. The standard InChI is InChI=1S/C16H13N3O2/c1-2-6-19-7-5-11-8-12(3-4-14(11)19)15-17-9-13(10-18-15)16(20)21/h3-4,8-10H,5,7H2,1H3,(H,20,21). The smallest absolute Gasteiger partial charge is 0.338 e. The fourth-order valence-electron chi connectivity index (χ4n) is 2.38. The Morgan fingerprint density at radius 2 is 2.10 bits per heavy atom. The van der Waals surface area contributed by atoms with Crippen LogP contribution in [0.2, 0.25) is 0 Å². The highest BCUT2D eigenvalue weighted by Gasteiger charge is 2.18. The highest BCUT2D eigenvalue weighted by atomic mass is 16.4. The van der Waals surface area contributed by atoms with E-state index < -0.39 is 5.97 Å². The van der Waals surface area contributed by atoms with E-state index in [-0.39, 0.29) is 5.56 Å². The number of carboxylic acid groups (broad SMARTS) is 1. The lowest BCUT2D eigenvalue weighted by atomic mass is 10.1. The topological polar surface area (TPSA) is 66.3 Å². The number of rotatable bonds is 2. The molecule has 2 heterocycles. The molecule has 0 aliphatic carbocycles. The highest BCUT2D eigenvalue weighted by molar-refractivity contribution is 5.87. The normalized spacial score (nSPS) is 12.5. The summed E-state index contributed by atoms with van der Waals surface area (Å²) in [5, 5.41) is 8.85. The summed E-state index contributed by atoms with van der Waals surface area (Å²) in [6, 6.07) is 9.06. The maximum absolute atomic E-state index is 10.8. The van der Waals surface area contributed by atoms with Crippen LogP contribution in [0.25, 0.3) is 11.4 Å². The van der Waals surface area contributed by atoms with Gasteiger partial charge in [-0.05, 0) is 37.1 Å². The molecule has 1 aliphatic heterocycles. The van der Waals surface area contributed by atoms with Gasteiger partial charge in [-0.25, -0.2) is 14.8 Å². The minimum atomic E-state index is -1.02. The van der Waals surface area contributed by atoms with Gasteiger partial charge < -0.3 is 10.0 Å². The van der Waals surface area contributed by atoms with Crippen LogP contribution in [0, 0.1) is 12.0 Å². The molecule has 5 nitrogen and oxygen atoms in total. The first-order chi connectivity index (χ1) is 10.2. The number of aromatic carboxylic acids is 1. The molecule has 0 atom stereocenters. The van der Waals surface area contributed by atoms with Gasteiger partial charge in [0.1, 0.15) is 0 Å². The van der Waals surface area contributed by atoms with Crippen LogP contribution < -0.4 is 4.90 Å². The first-order valence-corrected chi connectivity index (χ1v) is 6.57. The number of benzene rings is 1. The lowest BCUT2D eigenvalue weighted by Crippen LogP contribution is -2.12. The third kappa shape index (κ3) is 2.43. The number of hydrogen-bond donors (Lipinski definition) is 1. The molecule has 3 rings (SSSR count). The maximum Gasteiger partial charge on any atom is 0.338 e. The molecule has 0 fully saturated rings. The van der Waals surface area contributed by atoms with E-state index in [0.717, 1.165) is 24.2 Å². The minimum absolute atomic E-state index is 0.0873. The summed E-state index contributed by atoms with van der Waals surface area (Å²) >= 11 is 0. The number of aromatic nitrogens is 2. The molecule has 0 bridgehead atoms. The Labute approximate surface area is 122 Å².